The largest absolute Gasteiger partial charge is 0.496 e. The summed E-state index contributed by atoms with van der Waals surface area (Å²) in [5.41, 5.74) is 2.54. The molecule has 0 saturated carbocycles. The van der Waals surface area contributed by atoms with Crippen LogP contribution in [0.3, 0.4) is 0 Å². The van der Waals surface area contributed by atoms with Crippen LogP contribution in [0.2, 0.25) is 0 Å². The van der Waals surface area contributed by atoms with Gasteiger partial charge in [0.25, 0.3) is 0 Å². The number of nitrogens with one attached hydrogen (secondary N) is 1. The van der Waals surface area contributed by atoms with Crippen molar-refractivity contribution in [3.63, 3.8) is 0 Å². The van der Waals surface area contributed by atoms with E-state index in [1.165, 1.54) is 16.0 Å². The number of hydrogen-bond acceptors (Lipinski definition) is 3. The zero-order valence-corrected chi connectivity index (χ0v) is 14.9. The van der Waals surface area contributed by atoms with Crippen molar-refractivity contribution in [3.05, 3.63) is 58.1 Å². The first-order valence-electron chi connectivity index (χ1n) is 6.83. The van der Waals surface area contributed by atoms with E-state index in [-0.39, 0.29) is 0 Å². The molecule has 2 nitrogen and oxygen atoms in total. The van der Waals surface area contributed by atoms with E-state index in [9.17, 15) is 0 Å². The first-order chi connectivity index (χ1) is 10.1. The zero-order valence-electron chi connectivity index (χ0n) is 12.5. The average molecular weight is 366 g/mol. The van der Waals surface area contributed by atoms with Gasteiger partial charge in [0.1, 0.15) is 5.75 Å². The molecule has 0 saturated heterocycles. The van der Waals surface area contributed by atoms with Crippen LogP contribution in [0.4, 0.5) is 0 Å². The van der Waals surface area contributed by atoms with Crippen LogP contribution in [0.25, 0.3) is 0 Å². The Hall–Kier alpha value is -0.970. The highest BCUT2D eigenvalue weighted by atomic mass is 79.9. The van der Waals surface area contributed by atoms with Gasteiger partial charge in [-0.25, -0.2) is 0 Å². The SMILES string of the molecule is COc1ccc(CNC(C)c2ccc(SC)cc2)cc1Br. The molecule has 2 rings (SSSR count). The molecule has 2 aromatic rings. The second-order valence-corrected chi connectivity index (χ2v) is 6.58. The quantitative estimate of drug-likeness (QED) is 0.725. The molecule has 0 bridgehead atoms. The van der Waals surface area contributed by atoms with Crippen LogP contribution in [0.1, 0.15) is 24.1 Å². The van der Waals surface area contributed by atoms with Gasteiger partial charge in [0.2, 0.25) is 0 Å². The molecule has 0 radical (unpaired) electrons. The van der Waals surface area contributed by atoms with Crippen molar-refractivity contribution >= 4 is 27.7 Å². The molecular formula is C17H20BrNOS. The summed E-state index contributed by atoms with van der Waals surface area (Å²) in [4.78, 5) is 1.30. The molecule has 0 amide bonds. The summed E-state index contributed by atoms with van der Waals surface area (Å²) in [6.45, 7) is 3.01. The highest BCUT2D eigenvalue weighted by molar-refractivity contribution is 9.10. The standard InChI is InChI=1S/C17H20BrNOS/c1-12(14-5-7-15(21-3)8-6-14)19-11-13-4-9-17(20-2)16(18)10-13/h4-10,12,19H,11H2,1-3H3. The molecule has 1 atom stereocenters. The van der Waals surface area contributed by atoms with E-state index >= 15 is 0 Å². The van der Waals surface area contributed by atoms with Gasteiger partial charge in [0.15, 0.2) is 0 Å². The van der Waals surface area contributed by atoms with E-state index in [4.69, 9.17) is 4.74 Å². The Morgan fingerprint density at radius 3 is 2.48 bits per heavy atom. The summed E-state index contributed by atoms with van der Waals surface area (Å²) in [5.74, 6) is 0.861. The van der Waals surface area contributed by atoms with E-state index in [0.29, 0.717) is 6.04 Å². The molecule has 0 spiro atoms. The Labute approximate surface area is 139 Å². The first kappa shape index (κ1) is 16.4. The number of thioether (sulfide) groups is 1. The molecule has 1 N–H and O–H groups in total. The minimum absolute atomic E-state index is 0.321. The van der Waals surface area contributed by atoms with Crippen molar-refractivity contribution in [1.29, 1.82) is 0 Å². The second kappa shape index (κ2) is 7.87. The number of rotatable bonds is 6. The maximum atomic E-state index is 5.25. The molecule has 0 aliphatic rings. The fourth-order valence-electron chi connectivity index (χ4n) is 2.10. The summed E-state index contributed by atoms with van der Waals surface area (Å²) in [6.07, 6.45) is 2.10. The number of halogens is 1. The molecule has 0 heterocycles. The summed E-state index contributed by atoms with van der Waals surface area (Å²) in [5, 5.41) is 3.55. The van der Waals surface area contributed by atoms with Crippen LogP contribution in [0.5, 0.6) is 5.75 Å². The number of benzene rings is 2. The van der Waals surface area contributed by atoms with Crippen LogP contribution in [0, 0.1) is 0 Å². The molecule has 0 fully saturated rings. The average Bonchev–Trinajstić information content (AvgIpc) is 2.52. The topological polar surface area (TPSA) is 21.3 Å². The van der Waals surface area contributed by atoms with Gasteiger partial charge >= 0.3 is 0 Å². The van der Waals surface area contributed by atoms with Crippen molar-refractivity contribution in [2.24, 2.45) is 0 Å². The van der Waals surface area contributed by atoms with Crippen LogP contribution in [-0.4, -0.2) is 13.4 Å². The normalized spacial score (nSPS) is 12.2. The third-order valence-electron chi connectivity index (χ3n) is 3.44. The van der Waals surface area contributed by atoms with Gasteiger partial charge in [0, 0.05) is 17.5 Å². The lowest BCUT2D eigenvalue weighted by Crippen LogP contribution is -2.18. The molecule has 0 aliphatic heterocycles. The Balaban J connectivity index is 1.96. The van der Waals surface area contributed by atoms with Crippen molar-refractivity contribution in [2.45, 2.75) is 24.4 Å². The third-order valence-corrected chi connectivity index (χ3v) is 4.81. The van der Waals surface area contributed by atoms with Crippen molar-refractivity contribution < 1.29 is 4.74 Å². The highest BCUT2D eigenvalue weighted by Gasteiger charge is 2.06. The molecule has 1 unspecified atom stereocenters. The number of hydrogen-bond donors (Lipinski definition) is 1. The van der Waals surface area contributed by atoms with Crippen LogP contribution < -0.4 is 10.1 Å². The van der Waals surface area contributed by atoms with E-state index in [1.807, 2.05) is 6.07 Å². The number of ether oxygens (including phenoxy) is 1. The van der Waals surface area contributed by atoms with Crippen LogP contribution >= 0.6 is 27.7 Å². The lowest BCUT2D eigenvalue weighted by atomic mass is 10.1. The van der Waals surface area contributed by atoms with E-state index in [1.54, 1.807) is 18.9 Å². The predicted molar refractivity (Wildman–Crippen MR) is 94.2 cm³/mol. The van der Waals surface area contributed by atoms with E-state index in [0.717, 1.165) is 16.8 Å². The van der Waals surface area contributed by atoms with Gasteiger partial charge in [-0.15, -0.1) is 11.8 Å². The number of methoxy groups -OCH3 is 1. The zero-order chi connectivity index (χ0) is 15.2. The van der Waals surface area contributed by atoms with Gasteiger partial charge in [-0.05, 0) is 64.5 Å². The third kappa shape index (κ3) is 4.50. The molecule has 0 aliphatic carbocycles. The maximum absolute atomic E-state index is 5.25. The molecular weight excluding hydrogens is 346 g/mol. The Morgan fingerprint density at radius 1 is 1.19 bits per heavy atom. The molecule has 0 aromatic heterocycles. The predicted octanol–water partition coefficient (Wildman–Crippen LogP) is 5.03. The minimum atomic E-state index is 0.321. The molecule has 4 heteroatoms. The fraction of sp³-hybridized carbons (Fsp3) is 0.294. The van der Waals surface area contributed by atoms with Crippen LogP contribution in [0.15, 0.2) is 51.8 Å². The Bertz CT molecular complexity index is 586. The molecule has 112 valence electrons. The monoisotopic (exact) mass is 365 g/mol. The van der Waals surface area contributed by atoms with Gasteiger partial charge in [-0.3, -0.25) is 0 Å². The maximum Gasteiger partial charge on any atom is 0.133 e. The van der Waals surface area contributed by atoms with E-state index < -0.39 is 0 Å². The lowest BCUT2D eigenvalue weighted by Gasteiger charge is -2.15. The summed E-state index contributed by atoms with van der Waals surface area (Å²) in [7, 11) is 1.68. The van der Waals surface area contributed by atoms with Gasteiger partial charge in [-0.1, -0.05) is 18.2 Å². The summed E-state index contributed by atoms with van der Waals surface area (Å²) in [6, 6.07) is 15.2. The Kier molecular flexibility index (Phi) is 6.15. The fourth-order valence-corrected chi connectivity index (χ4v) is 3.10. The molecule has 2 aromatic carbocycles. The summed E-state index contributed by atoms with van der Waals surface area (Å²) >= 11 is 5.29. The van der Waals surface area contributed by atoms with E-state index in [2.05, 4.69) is 70.8 Å². The van der Waals surface area contributed by atoms with Crippen LogP contribution in [-0.2, 0) is 6.54 Å². The smallest absolute Gasteiger partial charge is 0.133 e. The molecule has 21 heavy (non-hydrogen) atoms. The second-order valence-electron chi connectivity index (χ2n) is 4.84. The Morgan fingerprint density at radius 2 is 1.90 bits per heavy atom. The first-order valence-corrected chi connectivity index (χ1v) is 8.85. The lowest BCUT2D eigenvalue weighted by molar-refractivity contribution is 0.412. The van der Waals surface area contributed by atoms with Gasteiger partial charge in [0.05, 0.1) is 11.6 Å². The van der Waals surface area contributed by atoms with Crippen molar-refractivity contribution in [3.8, 4) is 5.75 Å². The minimum Gasteiger partial charge on any atom is -0.496 e. The van der Waals surface area contributed by atoms with Gasteiger partial charge in [-0.2, -0.15) is 0 Å². The highest BCUT2D eigenvalue weighted by Crippen LogP contribution is 2.26. The van der Waals surface area contributed by atoms with Gasteiger partial charge < -0.3 is 10.1 Å². The van der Waals surface area contributed by atoms with Crippen molar-refractivity contribution in [2.75, 3.05) is 13.4 Å². The van der Waals surface area contributed by atoms with Crippen molar-refractivity contribution in [1.82, 2.24) is 5.32 Å². The summed E-state index contributed by atoms with van der Waals surface area (Å²) < 4.78 is 6.23.